The Labute approximate surface area is 191 Å². The minimum Gasteiger partial charge on any atom is -0.481 e. The average Bonchev–Trinajstić information content (AvgIpc) is 2.72. The molecule has 1 saturated heterocycles. The van der Waals surface area contributed by atoms with E-state index in [1.54, 1.807) is 4.90 Å². The van der Waals surface area contributed by atoms with Crippen molar-refractivity contribution in [2.24, 2.45) is 17.3 Å². The van der Waals surface area contributed by atoms with Crippen LogP contribution in [0.25, 0.3) is 0 Å². The summed E-state index contributed by atoms with van der Waals surface area (Å²) in [4.78, 5) is 26.3. The van der Waals surface area contributed by atoms with Crippen molar-refractivity contribution in [2.75, 3.05) is 18.4 Å². The standard InChI is InChI=1S/C24H32F4N2O3/c1-3-16-7-11-30(12-8-16)20(15(2)24(26,27)28)21(31)29-19-13-17(5-6-18(19)25)14-23(22(32)33)9-4-10-23/h5-6,13,15-16,20H,3-4,7-12,14H2,1-2H3,(H,29,31)(H,32,33). The van der Waals surface area contributed by atoms with Crippen molar-refractivity contribution in [3.05, 3.63) is 29.6 Å². The zero-order chi connectivity index (χ0) is 24.4. The maximum Gasteiger partial charge on any atom is 0.393 e. The highest BCUT2D eigenvalue weighted by Gasteiger charge is 2.47. The van der Waals surface area contributed by atoms with Gasteiger partial charge in [0, 0.05) is 0 Å². The number of halogens is 4. The molecule has 0 aromatic heterocycles. The Morgan fingerprint density at radius 1 is 1.24 bits per heavy atom. The third-order valence-corrected chi connectivity index (χ3v) is 7.47. The van der Waals surface area contributed by atoms with Crippen LogP contribution < -0.4 is 5.32 Å². The first-order valence-electron chi connectivity index (χ1n) is 11.6. The number of hydrogen-bond acceptors (Lipinski definition) is 3. The summed E-state index contributed by atoms with van der Waals surface area (Å²) in [6.45, 7) is 3.77. The Morgan fingerprint density at radius 3 is 2.36 bits per heavy atom. The quantitative estimate of drug-likeness (QED) is 0.507. The van der Waals surface area contributed by atoms with Crippen LogP contribution in [0, 0.1) is 23.1 Å². The molecule has 5 nitrogen and oxygen atoms in total. The molecule has 184 valence electrons. The molecule has 1 aliphatic heterocycles. The molecule has 2 aliphatic rings. The van der Waals surface area contributed by atoms with E-state index in [2.05, 4.69) is 5.32 Å². The molecule has 0 spiro atoms. The number of carbonyl (C=O) groups is 2. The number of amides is 1. The van der Waals surface area contributed by atoms with E-state index in [1.807, 2.05) is 6.92 Å². The monoisotopic (exact) mass is 472 g/mol. The van der Waals surface area contributed by atoms with Crippen molar-refractivity contribution >= 4 is 17.6 Å². The summed E-state index contributed by atoms with van der Waals surface area (Å²) in [7, 11) is 0. The Bertz CT molecular complexity index is 862. The highest BCUT2D eigenvalue weighted by Crippen LogP contribution is 2.44. The second kappa shape index (κ2) is 9.99. The normalized spacial score (nSPS) is 21.2. The van der Waals surface area contributed by atoms with Gasteiger partial charge in [0.25, 0.3) is 0 Å². The summed E-state index contributed by atoms with van der Waals surface area (Å²) in [6, 6.07) is 2.45. The van der Waals surface area contributed by atoms with E-state index in [0.29, 0.717) is 50.3 Å². The molecule has 2 atom stereocenters. The molecule has 2 fully saturated rings. The van der Waals surface area contributed by atoms with E-state index < -0.39 is 41.2 Å². The van der Waals surface area contributed by atoms with Gasteiger partial charge in [0.15, 0.2) is 0 Å². The van der Waals surface area contributed by atoms with Crippen molar-refractivity contribution in [3.63, 3.8) is 0 Å². The average molecular weight is 473 g/mol. The van der Waals surface area contributed by atoms with Gasteiger partial charge >= 0.3 is 12.1 Å². The van der Waals surface area contributed by atoms with Crippen molar-refractivity contribution in [1.82, 2.24) is 4.90 Å². The highest BCUT2D eigenvalue weighted by atomic mass is 19.4. The fourth-order valence-corrected chi connectivity index (χ4v) is 4.97. The topological polar surface area (TPSA) is 69.6 Å². The number of aliphatic carboxylic acids is 1. The number of carbonyl (C=O) groups excluding carboxylic acids is 1. The molecule has 1 aromatic rings. The molecule has 1 aromatic carbocycles. The van der Waals surface area contributed by atoms with E-state index in [1.165, 1.54) is 12.1 Å². The summed E-state index contributed by atoms with van der Waals surface area (Å²) >= 11 is 0. The Kier molecular flexibility index (Phi) is 7.71. The van der Waals surface area contributed by atoms with Gasteiger partial charge < -0.3 is 10.4 Å². The number of carboxylic acids is 1. The fraction of sp³-hybridized carbons (Fsp3) is 0.667. The number of piperidine rings is 1. The predicted molar refractivity (Wildman–Crippen MR) is 116 cm³/mol. The molecule has 1 heterocycles. The molecule has 1 amide bonds. The number of anilines is 1. The van der Waals surface area contributed by atoms with E-state index >= 15 is 0 Å². The first kappa shape index (κ1) is 25.5. The Hall–Kier alpha value is -2.16. The zero-order valence-corrected chi connectivity index (χ0v) is 19.1. The SMILES string of the molecule is CCC1CCN(C(C(=O)Nc2cc(CC3(C(=O)O)CCC3)ccc2F)C(C)C(F)(F)F)CC1. The van der Waals surface area contributed by atoms with Gasteiger partial charge in [-0.1, -0.05) is 32.8 Å². The molecule has 1 saturated carbocycles. The van der Waals surface area contributed by atoms with Gasteiger partial charge in [-0.25, -0.2) is 4.39 Å². The summed E-state index contributed by atoms with van der Waals surface area (Å²) in [5.41, 5.74) is -0.603. The van der Waals surface area contributed by atoms with Crippen LogP contribution in [0.5, 0.6) is 0 Å². The summed E-state index contributed by atoms with van der Waals surface area (Å²) in [5.74, 6) is -4.09. The van der Waals surface area contributed by atoms with Gasteiger partial charge in [-0.3, -0.25) is 14.5 Å². The minimum atomic E-state index is -4.58. The molecule has 2 N–H and O–H groups in total. The van der Waals surface area contributed by atoms with E-state index in [0.717, 1.165) is 25.8 Å². The van der Waals surface area contributed by atoms with Crippen LogP contribution in [0.3, 0.4) is 0 Å². The Balaban J connectivity index is 1.80. The van der Waals surface area contributed by atoms with Crippen LogP contribution in [-0.4, -0.2) is 47.2 Å². The number of carboxylic acid groups (broad SMARTS) is 1. The largest absolute Gasteiger partial charge is 0.481 e. The minimum absolute atomic E-state index is 0.179. The number of benzene rings is 1. The van der Waals surface area contributed by atoms with E-state index in [9.17, 15) is 32.3 Å². The molecule has 9 heteroatoms. The molecule has 1 aliphatic carbocycles. The van der Waals surface area contributed by atoms with Gasteiger partial charge in [-0.15, -0.1) is 0 Å². The van der Waals surface area contributed by atoms with Gasteiger partial charge in [-0.05, 0) is 68.8 Å². The molecule has 33 heavy (non-hydrogen) atoms. The first-order valence-corrected chi connectivity index (χ1v) is 11.6. The number of rotatable bonds is 8. The number of alkyl halides is 3. The van der Waals surface area contributed by atoms with Gasteiger partial charge in [0.2, 0.25) is 5.91 Å². The van der Waals surface area contributed by atoms with Crippen LogP contribution in [0.15, 0.2) is 18.2 Å². The second-order valence-electron chi connectivity index (χ2n) is 9.58. The lowest BCUT2D eigenvalue weighted by Crippen LogP contribution is -2.54. The molecular formula is C24H32F4N2O3. The molecule has 0 radical (unpaired) electrons. The maximum atomic E-state index is 14.5. The summed E-state index contributed by atoms with van der Waals surface area (Å²) in [5, 5.41) is 11.9. The van der Waals surface area contributed by atoms with Crippen LogP contribution in [0.4, 0.5) is 23.2 Å². The van der Waals surface area contributed by atoms with Gasteiger partial charge in [0.1, 0.15) is 11.9 Å². The third-order valence-electron chi connectivity index (χ3n) is 7.47. The van der Waals surface area contributed by atoms with E-state index in [4.69, 9.17) is 0 Å². The number of hydrogen-bond donors (Lipinski definition) is 2. The van der Waals surface area contributed by atoms with Gasteiger partial charge in [0.05, 0.1) is 17.0 Å². The summed E-state index contributed by atoms with van der Waals surface area (Å²) in [6.07, 6.45) is -0.211. The second-order valence-corrected chi connectivity index (χ2v) is 9.58. The molecular weight excluding hydrogens is 440 g/mol. The van der Waals surface area contributed by atoms with E-state index in [-0.39, 0.29) is 12.1 Å². The van der Waals surface area contributed by atoms with Crippen LogP contribution >= 0.6 is 0 Å². The number of nitrogens with one attached hydrogen (secondary N) is 1. The number of nitrogens with zero attached hydrogens (tertiary/aromatic N) is 1. The highest BCUT2D eigenvalue weighted by molar-refractivity contribution is 5.95. The van der Waals surface area contributed by atoms with Crippen molar-refractivity contribution in [1.29, 1.82) is 0 Å². The fourth-order valence-electron chi connectivity index (χ4n) is 4.97. The first-order chi connectivity index (χ1) is 15.5. The summed E-state index contributed by atoms with van der Waals surface area (Å²) < 4.78 is 55.3. The van der Waals surface area contributed by atoms with Gasteiger partial charge in [-0.2, -0.15) is 13.2 Å². The van der Waals surface area contributed by atoms with Crippen molar-refractivity contribution in [3.8, 4) is 0 Å². The lowest BCUT2D eigenvalue weighted by molar-refractivity contribution is -0.189. The lowest BCUT2D eigenvalue weighted by Gasteiger charge is -2.39. The van der Waals surface area contributed by atoms with Crippen LogP contribution in [-0.2, 0) is 16.0 Å². The van der Waals surface area contributed by atoms with Crippen LogP contribution in [0.1, 0.15) is 57.9 Å². The lowest BCUT2D eigenvalue weighted by atomic mass is 9.65. The van der Waals surface area contributed by atoms with Crippen LogP contribution in [0.2, 0.25) is 0 Å². The zero-order valence-electron chi connectivity index (χ0n) is 19.1. The van der Waals surface area contributed by atoms with Crippen molar-refractivity contribution in [2.45, 2.75) is 71.0 Å². The molecule has 0 bridgehead atoms. The maximum absolute atomic E-state index is 14.5. The Morgan fingerprint density at radius 2 is 1.88 bits per heavy atom. The van der Waals surface area contributed by atoms with Crippen molar-refractivity contribution < 1.29 is 32.3 Å². The third kappa shape index (κ3) is 5.67. The smallest absolute Gasteiger partial charge is 0.393 e. The molecule has 3 rings (SSSR count). The number of likely N-dealkylation sites (tertiary alicyclic amines) is 1. The predicted octanol–water partition coefficient (Wildman–Crippen LogP) is 5.25. The molecule has 2 unspecified atom stereocenters.